The van der Waals surface area contributed by atoms with Crippen LogP contribution < -0.4 is 9.47 Å². The van der Waals surface area contributed by atoms with Gasteiger partial charge in [0.15, 0.2) is 17.6 Å². The summed E-state index contributed by atoms with van der Waals surface area (Å²) in [6.45, 7) is 6.16. The molecule has 0 bridgehead atoms. The van der Waals surface area contributed by atoms with Crippen LogP contribution >= 0.6 is 0 Å². The third-order valence-corrected chi connectivity index (χ3v) is 7.61. The van der Waals surface area contributed by atoms with Crippen LogP contribution in [0.2, 0.25) is 0 Å². The lowest BCUT2D eigenvalue weighted by molar-refractivity contribution is 0.0462. The van der Waals surface area contributed by atoms with E-state index >= 15 is 0 Å². The molecule has 2 aromatic carbocycles. The van der Waals surface area contributed by atoms with Gasteiger partial charge in [-0.25, -0.2) is 4.79 Å². The Morgan fingerprint density at radius 1 is 1.03 bits per heavy atom. The Labute approximate surface area is 207 Å². The minimum absolute atomic E-state index is 0.0470. The second-order valence-electron chi connectivity index (χ2n) is 9.88. The number of ether oxygens (including phenoxy) is 3. The van der Waals surface area contributed by atoms with Crippen LogP contribution in [0.5, 0.6) is 11.5 Å². The maximum Gasteiger partial charge on any atom is 0.410 e. The minimum Gasteiger partial charge on any atom is -0.486 e. The first kappa shape index (κ1) is 23.9. The largest absolute Gasteiger partial charge is 0.486 e. The van der Waals surface area contributed by atoms with Gasteiger partial charge in [-0.05, 0) is 68.0 Å². The average Bonchev–Trinajstić information content (AvgIpc) is 3.23. The number of likely N-dealkylation sites (tertiary alicyclic amines) is 1. The Bertz CT molecular complexity index is 992. The van der Waals surface area contributed by atoms with Crippen molar-refractivity contribution in [3.8, 4) is 11.5 Å². The van der Waals surface area contributed by atoms with E-state index in [0.717, 1.165) is 62.4 Å². The number of aliphatic hydroxyl groups is 1. The zero-order chi connectivity index (χ0) is 24.2. The first-order valence-corrected chi connectivity index (χ1v) is 12.9. The molecule has 35 heavy (non-hydrogen) atoms. The van der Waals surface area contributed by atoms with Crippen LogP contribution in [-0.2, 0) is 11.2 Å². The van der Waals surface area contributed by atoms with Gasteiger partial charge < -0.3 is 19.3 Å². The Morgan fingerprint density at radius 2 is 1.83 bits per heavy atom. The highest BCUT2D eigenvalue weighted by atomic mass is 16.6. The van der Waals surface area contributed by atoms with Crippen molar-refractivity contribution in [1.82, 2.24) is 9.80 Å². The SMILES string of the molecule is CCc1ccc2c(c1)O[C@@H](CN1CCC(CCN3C(=O)OC(c4ccccc4)[C@H]3CO)CC1)CO2. The number of hydrogen-bond donors (Lipinski definition) is 1. The number of piperidine rings is 1. The van der Waals surface area contributed by atoms with Crippen LogP contribution in [0.25, 0.3) is 0 Å². The van der Waals surface area contributed by atoms with Crippen LogP contribution in [0.15, 0.2) is 48.5 Å². The number of hydrogen-bond acceptors (Lipinski definition) is 6. The highest BCUT2D eigenvalue weighted by Crippen LogP contribution is 2.35. The van der Waals surface area contributed by atoms with E-state index in [1.165, 1.54) is 5.56 Å². The lowest BCUT2D eigenvalue weighted by Gasteiger charge is -2.36. The number of cyclic esters (lactones) is 1. The lowest BCUT2D eigenvalue weighted by Crippen LogP contribution is -2.44. The second kappa shape index (κ2) is 10.9. The zero-order valence-electron chi connectivity index (χ0n) is 20.5. The van der Waals surface area contributed by atoms with Gasteiger partial charge >= 0.3 is 6.09 Å². The molecule has 1 unspecified atom stereocenters. The molecule has 0 aliphatic carbocycles. The van der Waals surface area contributed by atoms with Crippen LogP contribution in [0.1, 0.15) is 43.4 Å². The van der Waals surface area contributed by atoms with E-state index in [4.69, 9.17) is 14.2 Å². The number of aliphatic hydroxyl groups excluding tert-OH is 1. The number of carbonyl (C=O) groups is 1. The van der Waals surface area contributed by atoms with Gasteiger partial charge in [-0.1, -0.05) is 43.3 Å². The molecule has 7 heteroatoms. The van der Waals surface area contributed by atoms with E-state index < -0.39 is 6.10 Å². The predicted octanol–water partition coefficient (Wildman–Crippen LogP) is 4.05. The average molecular weight is 481 g/mol. The fourth-order valence-corrected chi connectivity index (χ4v) is 5.48. The van der Waals surface area contributed by atoms with E-state index in [1.807, 2.05) is 36.4 Å². The standard InChI is InChI=1S/C28H36N2O5/c1-2-20-8-9-25-26(16-20)34-23(19-33-25)17-29-13-10-21(11-14-29)12-15-30-24(18-31)27(35-28(30)32)22-6-4-3-5-7-22/h3-9,16,21,23-24,27,31H,2,10-15,17-19H2,1H3/t23-,24+,27?/m0/s1. The van der Waals surface area contributed by atoms with Crippen molar-refractivity contribution in [3.05, 3.63) is 59.7 Å². The summed E-state index contributed by atoms with van der Waals surface area (Å²) in [6, 6.07) is 15.6. The van der Waals surface area contributed by atoms with Gasteiger partial charge in [-0.3, -0.25) is 9.80 Å². The summed E-state index contributed by atoms with van der Waals surface area (Å²) in [5, 5.41) is 10.0. The molecule has 7 nitrogen and oxygen atoms in total. The van der Waals surface area contributed by atoms with Gasteiger partial charge in [0.2, 0.25) is 0 Å². The predicted molar refractivity (Wildman–Crippen MR) is 133 cm³/mol. The van der Waals surface area contributed by atoms with Crippen molar-refractivity contribution in [2.45, 2.75) is 50.9 Å². The third-order valence-electron chi connectivity index (χ3n) is 7.61. The van der Waals surface area contributed by atoms with Crippen molar-refractivity contribution in [1.29, 1.82) is 0 Å². The van der Waals surface area contributed by atoms with Gasteiger partial charge in [0.05, 0.1) is 12.6 Å². The molecule has 3 heterocycles. The van der Waals surface area contributed by atoms with Crippen molar-refractivity contribution < 1.29 is 24.1 Å². The molecule has 1 N–H and O–H groups in total. The molecule has 2 aromatic rings. The molecule has 3 aliphatic heterocycles. The first-order valence-electron chi connectivity index (χ1n) is 12.9. The van der Waals surface area contributed by atoms with Crippen molar-refractivity contribution in [2.24, 2.45) is 5.92 Å². The fraction of sp³-hybridized carbons (Fsp3) is 0.536. The van der Waals surface area contributed by atoms with E-state index in [2.05, 4.69) is 24.0 Å². The summed E-state index contributed by atoms with van der Waals surface area (Å²) in [7, 11) is 0. The third kappa shape index (κ3) is 5.41. The van der Waals surface area contributed by atoms with Gasteiger partial charge in [-0.15, -0.1) is 0 Å². The Balaban J connectivity index is 1.08. The molecular weight excluding hydrogens is 444 g/mol. The Hall–Kier alpha value is -2.77. The molecule has 3 atom stereocenters. The van der Waals surface area contributed by atoms with Crippen LogP contribution in [0.3, 0.4) is 0 Å². The molecule has 0 spiro atoms. The fourth-order valence-electron chi connectivity index (χ4n) is 5.48. The smallest absolute Gasteiger partial charge is 0.410 e. The highest BCUT2D eigenvalue weighted by molar-refractivity contribution is 5.71. The first-order chi connectivity index (χ1) is 17.1. The van der Waals surface area contributed by atoms with Gasteiger partial charge in [0.1, 0.15) is 12.7 Å². The summed E-state index contributed by atoms with van der Waals surface area (Å²) in [5.74, 6) is 2.26. The molecule has 1 amide bonds. The van der Waals surface area contributed by atoms with E-state index in [-0.39, 0.29) is 24.8 Å². The monoisotopic (exact) mass is 480 g/mol. The van der Waals surface area contributed by atoms with Crippen molar-refractivity contribution in [3.63, 3.8) is 0 Å². The summed E-state index contributed by atoms with van der Waals surface area (Å²) >= 11 is 0. The minimum atomic E-state index is -0.410. The molecule has 0 radical (unpaired) electrons. The van der Waals surface area contributed by atoms with E-state index in [0.29, 0.717) is 19.1 Å². The molecule has 0 saturated carbocycles. The Kier molecular flexibility index (Phi) is 7.44. The number of nitrogens with zero attached hydrogens (tertiary/aromatic N) is 2. The summed E-state index contributed by atoms with van der Waals surface area (Å²) in [4.78, 5) is 16.7. The summed E-state index contributed by atoms with van der Waals surface area (Å²) < 4.78 is 17.8. The van der Waals surface area contributed by atoms with Crippen molar-refractivity contribution in [2.75, 3.05) is 39.4 Å². The molecule has 2 saturated heterocycles. The molecular formula is C28H36N2O5. The second-order valence-corrected chi connectivity index (χ2v) is 9.88. The lowest BCUT2D eigenvalue weighted by atomic mass is 9.92. The number of fused-ring (bicyclic) bond motifs is 1. The maximum absolute atomic E-state index is 12.6. The number of amides is 1. The number of carbonyl (C=O) groups excluding carboxylic acids is 1. The molecule has 5 rings (SSSR count). The zero-order valence-corrected chi connectivity index (χ0v) is 20.5. The maximum atomic E-state index is 12.6. The van der Waals surface area contributed by atoms with Crippen LogP contribution in [-0.4, -0.2) is 72.5 Å². The normalized spacial score (nSPS) is 25.0. The van der Waals surface area contributed by atoms with Crippen molar-refractivity contribution >= 4 is 6.09 Å². The summed E-state index contributed by atoms with van der Waals surface area (Å²) in [6.07, 6.45) is 3.42. The van der Waals surface area contributed by atoms with Gasteiger partial charge in [0.25, 0.3) is 0 Å². The topological polar surface area (TPSA) is 71.5 Å². The van der Waals surface area contributed by atoms with Gasteiger partial charge in [0, 0.05) is 13.1 Å². The van der Waals surface area contributed by atoms with Crippen LogP contribution in [0.4, 0.5) is 4.79 Å². The molecule has 188 valence electrons. The van der Waals surface area contributed by atoms with E-state index in [9.17, 15) is 9.90 Å². The van der Waals surface area contributed by atoms with E-state index in [1.54, 1.807) is 4.90 Å². The van der Waals surface area contributed by atoms with Crippen LogP contribution in [0, 0.1) is 5.92 Å². The summed E-state index contributed by atoms with van der Waals surface area (Å²) in [5.41, 5.74) is 2.19. The quantitative estimate of drug-likeness (QED) is 0.615. The highest BCUT2D eigenvalue weighted by Gasteiger charge is 2.42. The molecule has 2 fully saturated rings. The van der Waals surface area contributed by atoms with Gasteiger partial charge in [-0.2, -0.15) is 0 Å². The molecule has 3 aliphatic rings. The molecule has 0 aromatic heterocycles. The number of aryl methyl sites for hydroxylation is 1. The Morgan fingerprint density at radius 3 is 2.57 bits per heavy atom. The number of rotatable bonds is 8. The number of benzene rings is 2.